The van der Waals surface area contributed by atoms with Crippen LogP contribution >= 0.6 is 0 Å². The minimum Gasteiger partial charge on any atom is -0.503 e. The van der Waals surface area contributed by atoms with Crippen LogP contribution in [-0.2, 0) is 0 Å². The normalized spacial score (nSPS) is 10.5. The van der Waals surface area contributed by atoms with Crippen molar-refractivity contribution in [2.24, 2.45) is 0 Å². The summed E-state index contributed by atoms with van der Waals surface area (Å²) in [5.74, 6) is -7.38. The van der Waals surface area contributed by atoms with Crippen molar-refractivity contribution in [3.8, 4) is 5.75 Å². The van der Waals surface area contributed by atoms with E-state index >= 15 is 0 Å². The maximum Gasteiger partial charge on any atom is 0.261 e. The third kappa shape index (κ3) is 2.47. The molecule has 0 saturated heterocycles. The van der Waals surface area contributed by atoms with Crippen molar-refractivity contribution in [2.75, 3.05) is 17.7 Å². The molecule has 3 N–H and O–H groups in total. The number of carbonyl (C=O) groups excluding carboxylic acids is 1. The first-order chi connectivity index (χ1) is 9.84. The number of hydrogen-bond acceptors (Lipinski definition) is 4. The van der Waals surface area contributed by atoms with Crippen molar-refractivity contribution in [3.63, 3.8) is 0 Å². The molecule has 1 amide bonds. The SMILES string of the molecule is CN(C(=O)c1cc(F)c(F)c(O)c1F)c1ccncc1N. The van der Waals surface area contributed by atoms with Crippen molar-refractivity contribution >= 4 is 17.3 Å². The Bertz CT molecular complexity index is 722. The van der Waals surface area contributed by atoms with Crippen LogP contribution in [0.1, 0.15) is 10.4 Å². The minimum atomic E-state index is -1.75. The Morgan fingerprint density at radius 3 is 2.62 bits per heavy atom. The second-order valence-electron chi connectivity index (χ2n) is 4.18. The molecule has 0 aliphatic rings. The number of nitrogens with two attached hydrogens (primary N) is 1. The smallest absolute Gasteiger partial charge is 0.261 e. The Labute approximate surface area is 117 Å². The first-order valence-corrected chi connectivity index (χ1v) is 5.68. The topological polar surface area (TPSA) is 79.5 Å². The zero-order chi connectivity index (χ0) is 15.7. The van der Waals surface area contributed by atoms with Crippen molar-refractivity contribution in [2.45, 2.75) is 0 Å². The van der Waals surface area contributed by atoms with Gasteiger partial charge in [-0.15, -0.1) is 0 Å². The number of aromatic nitrogens is 1. The number of nitrogens with zero attached hydrogens (tertiary/aromatic N) is 2. The van der Waals surface area contributed by atoms with Crippen LogP contribution in [0.15, 0.2) is 24.5 Å². The molecule has 1 aromatic carbocycles. The second kappa shape index (κ2) is 5.31. The van der Waals surface area contributed by atoms with Gasteiger partial charge in [0.2, 0.25) is 5.82 Å². The summed E-state index contributed by atoms with van der Waals surface area (Å²) in [6.07, 6.45) is 2.63. The molecule has 0 saturated carbocycles. The average Bonchev–Trinajstić information content (AvgIpc) is 2.48. The molecular weight excluding hydrogens is 287 g/mol. The molecule has 8 heteroatoms. The molecule has 2 rings (SSSR count). The fourth-order valence-electron chi connectivity index (χ4n) is 1.74. The van der Waals surface area contributed by atoms with Gasteiger partial charge in [0.1, 0.15) is 0 Å². The van der Waals surface area contributed by atoms with Gasteiger partial charge in [-0.3, -0.25) is 9.78 Å². The zero-order valence-corrected chi connectivity index (χ0v) is 10.8. The highest BCUT2D eigenvalue weighted by Crippen LogP contribution is 2.28. The molecule has 110 valence electrons. The van der Waals surface area contributed by atoms with E-state index in [0.717, 1.165) is 4.90 Å². The molecule has 5 nitrogen and oxygen atoms in total. The Kier molecular flexibility index (Phi) is 3.70. The number of benzene rings is 1. The van der Waals surface area contributed by atoms with E-state index in [-0.39, 0.29) is 11.4 Å². The van der Waals surface area contributed by atoms with Gasteiger partial charge in [0, 0.05) is 13.2 Å². The predicted molar refractivity (Wildman–Crippen MR) is 69.4 cm³/mol. The second-order valence-corrected chi connectivity index (χ2v) is 4.18. The van der Waals surface area contributed by atoms with Gasteiger partial charge in [-0.1, -0.05) is 0 Å². The zero-order valence-electron chi connectivity index (χ0n) is 10.8. The number of phenolic OH excluding ortho intramolecular Hbond substituents is 1. The third-order valence-electron chi connectivity index (χ3n) is 2.86. The summed E-state index contributed by atoms with van der Waals surface area (Å²) in [4.78, 5) is 16.8. The van der Waals surface area contributed by atoms with Gasteiger partial charge in [-0.25, -0.2) is 8.78 Å². The minimum absolute atomic E-state index is 0.139. The summed E-state index contributed by atoms with van der Waals surface area (Å²) < 4.78 is 39.9. The molecule has 0 atom stereocenters. The summed E-state index contributed by atoms with van der Waals surface area (Å²) in [5, 5.41) is 9.13. The number of hydrogen-bond donors (Lipinski definition) is 2. The lowest BCUT2D eigenvalue weighted by atomic mass is 10.1. The molecule has 1 heterocycles. The van der Waals surface area contributed by atoms with Crippen molar-refractivity contribution in [3.05, 3.63) is 47.5 Å². The van der Waals surface area contributed by atoms with Gasteiger partial charge in [-0.05, 0) is 12.1 Å². The maximum absolute atomic E-state index is 13.7. The molecule has 0 aliphatic carbocycles. The van der Waals surface area contributed by atoms with E-state index in [1.54, 1.807) is 0 Å². The van der Waals surface area contributed by atoms with Gasteiger partial charge in [0.25, 0.3) is 5.91 Å². The van der Waals surface area contributed by atoms with Crippen LogP contribution in [0.25, 0.3) is 0 Å². The number of anilines is 2. The molecule has 0 radical (unpaired) electrons. The summed E-state index contributed by atoms with van der Waals surface area (Å²) in [6, 6.07) is 1.77. The van der Waals surface area contributed by atoms with Crippen LogP contribution in [0.4, 0.5) is 24.5 Å². The summed E-state index contributed by atoms with van der Waals surface area (Å²) in [7, 11) is 1.27. The number of carbonyl (C=O) groups is 1. The molecular formula is C13H10F3N3O2. The Hall–Kier alpha value is -2.77. The summed E-state index contributed by atoms with van der Waals surface area (Å²) >= 11 is 0. The van der Waals surface area contributed by atoms with E-state index in [9.17, 15) is 18.0 Å². The van der Waals surface area contributed by atoms with E-state index in [1.165, 1.54) is 25.5 Å². The number of pyridine rings is 1. The molecule has 2 aromatic rings. The molecule has 1 aromatic heterocycles. The number of phenols is 1. The molecule has 21 heavy (non-hydrogen) atoms. The standard InChI is InChI=1S/C13H10F3N3O2/c1-19(9-2-3-18-5-8(9)17)13(21)6-4-7(14)11(16)12(20)10(6)15/h2-5,20H,17H2,1H3. The number of aromatic hydroxyl groups is 1. The van der Waals surface area contributed by atoms with Gasteiger partial charge >= 0.3 is 0 Å². The first-order valence-electron chi connectivity index (χ1n) is 5.68. The number of halogens is 3. The number of nitrogen functional groups attached to an aromatic ring is 1. The highest BCUT2D eigenvalue weighted by molar-refractivity contribution is 6.07. The van der Waals surface area contributed by atoms with Gasteiger partial charge in [0.05, 0.1) is 23.1 Å². The van der Waals surface area contributed by atoms with E-state index in [2.05, 4.69) is 4.98 Å². The lowest BCUT2D eigenvalue weighted by Gasteiger charge is -2.19. The van der Waals surface area contributed by atoms with E-state index in [0.29, 0.717) is 6.07 Å². The molecule has 0 fully saturated rings. The largest absolute Gasteiger partial charge is 0.503 e. The van der Waals surface area contributed by atoms with Crippen molar-refractivity contribution in [1.82, 2.24) is 4.98 Å². The monoisotopic (exact) mass is 297 g/mol. The highest BCUT2D eigenvalue weighted by atomic mass is 19.2. The van der Waals surface area contributed by atoms with Crippen LogP contribution in [0.3, 0.4) is 0 Å². The average molecular weight is 297 g/mol. The van der Waals surface area contributed by atoms with E-state index in [1.807, 2.05) is 0 Å². The lowest BCUT2D eigenvalue weighted by molar-refractivity contribution is 0.0987. The van der Waals surface area contributed by atoms with Crippen LogP contribution in [0, 0.1) is 17.5 Å². The molecule has 0 bridgehead atoms. The first kappa shape index (κ1) is 14.6. The quantitative estimate of drug-likeness (QED) is 0.832. The Morgan fingerprint density at radius 1 is 1.33 bits per heavy atom. The number of rotatable bonds is 2. The number of amides is 1. The van der Waals surface area contributed by atoms with Crippen LogP contribution < -0.4 is 10.6 Å². The summed E-state index contributed by atoms with van der Waals surface area (Å²) in [5.41, 5.74) is 5.16. The fourth-order valence-corrected chi connectivity index (χ4v) is 1.74. The van der Waals surface area contributed by atoms with E-state index < -0.39 is 34.7 Å². The van der Waals surface area contributed by atoms with Crippen LogP contribution in [0.2, 0.25) is 0 Å². The lowest BCUT2D eigenvalue weighted by Crippen LogP contribution is -2.28. The Balaban J connectivity index is 2.48. The molecule has 0 unspecified atom stereocenters. The predicted octanol–water partition coefficient (Wildman–Crippen LogP) is 2.06. The van der Waals surface area contributed by atoms with Crippen LogP contribution in [0.5, 0.6) is 5.75 Å². The molecule has 0 spiro atoms. The highest BCUT2D eigenvalue weighted by Gasteiger charge is 2.25. The Morgan fingerprint density at radius 2 is 2.00 bits per heavy atom. The van der Waals surface area contributed by atoms with Crippen molar-refractivity contribution in [1.29, 1.82) is 0 Å². The van der Waals surface area contributed by atoms with Crippen molar-refractivity contribution < 1.29 is 23.1 Å². The maximum atomic E-state index is 13.7. The summed E-state index contributed by atoms with van der Waals surface area (Å²) in [6.45, 7) is 0. The van der Waals surface area contributed by atoms with Gasteiger partial charge < -0.3 is 15.7 Å². The fraction of sp³-hybridized carbons (Fsp3) is 0.0769. The third-order valence-corrected chi connectivity index (χ3v) is 2.86. The van der Waals surface area contributed by atoms with Crippen LogP contribution in [-0.4, -0.2) is 23.0 Å². The molecule has 0 aliphatic heterocycles. The van der Waals surface area contributed by atoms with E-state index in [4.69, 9.17) is 10.8 Å². The van der Waals surface area contributed by atoms with Gasteiger partial charge in [0.15, 0.2) is 17.4 Å². The van der Waals surface area contributed by atoms with Gasteiger partial charge in [-0.2, -0.15) is 4.39 Å².